The Bertz CT molecular complexity index is 587. The van der Waals surface area contributed by atoms with E-state index >= 15 is 0 Å². The van der Waals surface area contributed by atoms with Gasteiger partial charge in [0.1, 0.15) is 6.26 Å². The Morgan fingerprint density at radius 3 is 2.82 bits per heavy atom. The van der Waals surface area contributed by atoms with Crippen molar-refractivity contribution in [3.8, 4) is 0 Å². The minimum absolute atomic E-state index is 0.310. The van der Waals surface area contributed by atoms with Crippen LogP contribution in [0.15, 0.2) is 47.2 Å². The largest absolute Gasteiger partial charge is 0.374 e. The van der Waals surface area contributed by atoms with Crippen LogP contribution >= 0.6 is 0 Å². The number of nitrogens with zero attached hydrogens (tertiary/aromatic N) is 3. The molecule has 116 valence electrons. The van der Waals surface area contributed by atoms with Crippen molar-refractivity contribution < 1.29 is 9.26 Å². The highest BCUT2D eigenvalue weighted by molar-refractivity contribution is 5.15. The highest BCUT2D eigenvalue weighted by Crippen LogP contribution is 2.25. The van der Waals surface area contributed by atoms with Gasteiger partial charge in [-0.3, -0.25) is 9.80 Å². The second kappa shape index (κ2) is 6.20. The van der Waals surface area contributed by atoms with Gasteiger partial charge in [-0.15, -0.1) is 0 Å². The maximum absolute atomic E-state index is 5.99. The highest BCUT2D eigenvalue weighted by Gasteiger charge is 2.39. The van der Waals surface area contributed by atoms with Gasteiger partial charge in [-0.05, 0) is 5.56 Å². The van der Waals surface area contributed by atoms with E-state index in [1.165, 1.54) is 5.56 Å². The van der Waals surface area contributed by atoms with Crippen LogP contribution in [0, 0.1) is 0 Å². The molecule has 22 heavy (non-hydrogen) atoms. The third-order valence-electron chi connectivity index (χ3n) is 4.60. The molecule has 0 spiro atoms. The second-order valence-corrected chi connectivity index (χ2v) is 6.12. The Labute approximate surface area is 130 Å². The van der Waals surface area contributed by atoms with E-state index in [2.05, 4.69) is 45.3 Å². The van der Waals surface area contributed by atoms with Gasteiger partial charge in [0.15, 0.2) is 0 Å². The van der Waals surface area contributed by atoms with E-state index in [-0.39, 0.29) is 0 Å². The van der Waals surface area contributed by atoms with Crippen molar-refractivity contribution in [2.75, 3.05) is 26.2 Å². The molecular weight excluding hydrogens is 278 g/mol. The van der Waals surface area contributed by atoms with Crippen LogP contribution < -0.4 is 0 Å². The number of morpholine rings is 1. The smallest absolute Gasteiger partial charge is 0.124 e. The van der Waals surface area contributed by atoms with Crippen LogP contribution in [0.1, 0.15) is 11.3 Å². The van der Waals surface area contributed by atoms with E-state index in [1.807, 2.05) is 6.07 Å². The fourth-order valence-corrected chi connectivity index (χ4v) is 3.53. The summed E-state index contributed by atoms with van der Waals surface area (Å²) < 4.78 is 10.9. The summed E-state index contributed by atoms with van der Waals surface area (Å²) in [7, 11) is 0. The molecule has 2 atom stereocenters. The molecule has 0 bridgehead atoms. The zero-order chi connectivity index (χ0) is 14.8. The Kier molecular flexibility index (Phi) is 3.93. The summed E-state index contributed by atoms with van der Waals surface area (Å²) in [5.41, 5.74) is 2.37. The van der Waals surface area contributed by atoms with Crippen molar-refractivity contribution in [1.82, 2.24) is 15.0 Å². The SMILES string of the molecule is c1ccc(CN2CCO[C@@H]3CN(Cc4ccon4)C[C@H]32)cc1. The molecule has 0 aliphatic carbocycles. The number of ether oxygens (including phenoxy) is 1. The summed E-state index contributed by atoms with van der Waals surface area (Å²) in [4.78, 5) is 4.97. The van der Waals surface area contributed by atoms with Crippen LogP contribution in [0.5, 0.6) is 0 Å². The molecule has 5 nitrogen and oxygen atoms in total. The molecule has 3 heterocycles. The molecule has 0 unspecified atom stereocenters. The molecule has 1 aromatic heterocycles. The molecular formula is C17H21N3O2. The number of hydrogen-bond donors (Lipinski definition) is 0. The molecule has 2 fully saturated rings. The van der Waals surface area contributed by atoms with Crippen molar-refractivity contribution in [3.63, 3.8) is 0 Å². The number of likely N-dealkylation sites (tertiary alicyclic amines) is 1. The van der Waals surface area contributed by atoms with E-state index in [9.17, 15) is 0 Å². The van der Waals surface area contributed by atoms with Gasteiger partial charge in [-0.2, -0.15) is 0 Å². The zero-order valence-electron chi connectivity index (χ0n) is 12.6. The van der Waals surface area contributed by atoms with Gasteiger partial charge in [-0.1, -0.05) is 35.5 Å². The fraction of sp³-hybridized carbons (Fsp3) is 0.471. The average molecular weight is 299 g/mol. The van der Waals surface area contributed by atoms with Crippen molar-refractivity contribution in [1.29, 1.82) is 0 Å². The fourth-order valence-electron chi connectivity index (χ4n) is 3.53. The Balaban J connectivity index is 1.42. The van der Waals surface area contributed by atoms with Gasteiger partial charge in [0.2, 0.25) is 0 Å². The van der Waals surface area contributed by atoms with Crippen LogP contribution in [0.2, 0.25) is 0 Å². The van der Waals surface area contributed by atoms with Gasteiger partial charge < -0.3 is 9.26 Å². The summed E-state index contributed by atoms with van der Waals surface area (Å²) in [5.74, 6) is 0. The molecule has 2 saturated heterocycles. The molecule has 2 aromatic rings. The van der Waals surface area contributed by atoms with Gasteiger partial charge in [0, 0.05) is 38.8 Å². The second-order valence-electron chi connectivity index (χ2n) is 6.12. The maximum Gasteiger partial charge on any atom is 0.124 e. The molecule has 5 heteroatoms. The van der Waals surface area contributed by atoms with Crippen LogP contribution in [0.3, 0.4) is 0 Å². The first kappa shape index (κ1) is 13.9. The molecule has 0 amide bonds. The standard InChI is InChI=1S/C17H21N3O2/c1-2-4-14(5-3-1)10-20-7-9-21-17-13-19(12-16(17)20)11-15-6-8-22-18-15/h1-6,8,16-17H,7,9-13H2/t16-,17-/m1/s1. The topological polar surface area (TPSA) is 41.7 Å². The number of fused-ring (bicyclic) bond motifs is 1. The first-order chi connectivity index (χ1) is 10.9. The first-order valence-electron chi connectivity index (χ1n) is 7.90. The first-order valence-corrected chi connectivity index (χ1v) is 7.90. The van der Waals surface area contributed by atoms with E-state index in [0.717, 1.165) is 45.0 Å². The minimum atomic E-state index is 0.310. The molecule has 1 aromatic carbocycles. The van der Waals surface area contributed by atoms with Crippen LogP contribution in [-0.2, 0) is 17.8 Å². The lowest BCUT2D eigenvalue weighted by molar-refractivity contribution is -0.0504. The lowest BCUT2D eigenvalue weighted by atomic mass is 10.1. The Morgan fingerprint density at radius 2 is 2.00 bits per heavy atom. The van der Waals surface area contributed by atoms with Crippen LogP contribution in [0.4, 0.5) is 0 Å². The Morgan fingerprint density at radius 1 is 1.09 bits per heavy atom. The molecule has 0 radical (unpaired) electrons. The molecule has 4 rings (SSSR count). The zero-order valence-corrected chi connectivity index (χ0v) is 12.6. The predicted molar refractivity (Wildman–Crippen MR) is 82.2 cm³/mol. The highest BCUT2D eigenvalue weighted by atomic mass is 16.5. The minimum Gasteiger partial charge on any atom is -0.374 e. The van der Waals surface area contributed by atoms with Gasteiger partial charge in [0.05, 0.1) is 24.4 Å². The van der Waals surface area contributed by atoms with E-state index in [1.54, 1.807) is 6.26 Å². The number of rotatable bonds is 4. The summed E-state index contributed by atoms with van der Waals surface area (Å²) in [6.07, 6.45) is 1.95. The van der Waals surface area contributed by atoms with Crippen molar-refractivity contribution >= 4 is 0 Å². The molecule has 0 saturated carbocycles. The monoisotopic (exact) mass is 299 g/mol. The van der Waals surface area contributed by atoms with Crippen molar-refractivity contribution in [3.05, 3.63) is 53.9 Å². The lowest BCUT2D eigenvalue weighted by Gasteiger charge is -2.37. The molecule has 2 aliphatic rings. The summed E-state index contributed by atoms with van der Waals surface area (Å²) in [5, 5.41) is 4.01. The van der Waals surface area contributed by atoms with E-state index in [4.69, 9.17) is 9.26 Å². The summed E-state index contributed by atoms with van der Waals surface area (Å²) in [6, 6.07) is 13.1. The number of aromatic nitrogens is 1. The normalized spacial score (nSPS) is 26.2. The Hall–Kier alpha value is -1.69. The lowest BCUT2D eigenvalue weighted by Crippen LogP contribution is -2.50. The van der Waals surface area contributed by atoms with Crippen LogP contribution in [0.25, 0.3) is 0 Å². The maximum atomic E-state index is 5.99. The van der Waals surface area contributed by atoms with E-state index < -0.39 is 0 Å². The third-order valence-corrected chi connectivity index (χ3v) is 4.60. The number of hydrogen-bond acceptors (Lipinski definition) is 5. The van der Waals surface area contributed by atoms with Crippen molar-refractivity contribution in [2.45, 2.75) is 25.2 Å². The third kappa shape index (κ3) is 2.92. The van der Waals surface area contributed by atoms with Crippen LogP contribution in [-0.4, -0.2) is 53.3 Å². The summed E-state index contributed by atoms with van der Waals surface area (Å²) >= 11 is 0. The van der Waals surface area contributed by atoms with Gasteiger partial charge in [-0.25, -0.2) is 0 Å². The predicted octanol–water partition coefficient (Wildman–Crippen LogP) is 1.76. The molecule has 2 aliphatic heterocycles. The quantitative estimate of drug-likeness (QED) is 0.860. The number of benzene rings is 1. The van der Waals surface area contributed by atoms with Gasteiger partial charge in [0.25, 0.3) is 0 Å². The van der Waals surface area contributed by atoms with E-state index in [0.29, 0.717) is 12.1 Å². The van der Waals surface area contributed by atoms with Gasteiger partial charge >= 0.3 is 0 Å². The molecule has 0 N–H and O–H groups in total. The summed E-state index contributed by atoms with van der Waals surface area (Å²) in [6.45, 7) is 5.68. The van der Waals surface area contributed by atoms with Crippen molar-refractivity contribution in [2.24, 2.45) is 0 Å². The average Bonchev–Trinajstić information content (AvgIpc) is 3.18.